The molecule has 5 heteroatoms. The van der Waals surface area contributed by atoms with Crippen LogP contribution in [0.4, 0.5) is 11.5 Å². The highest BCUT2D eigenvalue weighted by atomic mass is 35.5. The molecule has 0 spiro atoms. The van der Waals surface area contributed by atoms with Gasteiger partial charge in [0.05, 0.1) is 10.7 Å². The molecule has 0 atom stereocenters. The van der Waals surface area contributed by atoms with Crippen molar-refractivity contribution in [3.8, 4) is 0 Å². The van der Waals surface area contributed by atoms with E-state index < -0.39 is 5.97 Å². The van der Waals surface area contributed by atoms with Gasteiger partial charge in [0.15, 0.2) is 5.69 Å². The van der Waals surface area contributed by atoms with Crippen LogP contribution in [0.3, 0.4) is 0 Å². The highest BCUT2D eigenvalue weighted by Crippen LogP contribution is 2.25. The van der Waals surface area contributed by atoms with E-state index in [1.54, 1.807) is 12.1 Å². The van der Waals surface area contributed by atoms with Gasteiger partial charge < -0.3 is 10.4 Å². The number of hydrogen-bond donors (Lipinski definition) is 2. The number of benzene rings is 1. The fourth-order valence-electron chi connectivity index (χ4n) is 1.48. The third-order valence-corrected chi connectivity index (χ3v) is 2.67. The molecule has 1 aromatic heterocycles. The maximum Gasteiger partial charge on any atom is 0.354 e. The first-order chi connectivity index (χ1) is 8.56. The molecule has 2 N–H and O–H groups in total. The molecule has 0 aliphatic rings. The highest BCUT2D eigenvalue weighted by Gasteiger charge is 2.06. The molecular weight excluding hydrogens is 252 g/mol. The third-order valence-electron chi connectivity index (χ3n) is 2.36. The fourth-order valence-corrected chi connectivity index (χ4v) is 1.77. The Kier molecular flexibility index (Phi) is 3.48. The van der Waals surface area contributed by atoms with Crippen molar-refractivity contribution in [2.75, 3.05) is 5.32 Å². The summed E-state index contributed by atoms with van der Waals surface area (Å²) in [4.78, 5) is 14.8. The van der Waals surface area contributed by atoms with Gasteiger partial charge in [0.2, 0.25) is 0 Å². The Hall–Kier alpha value is -2.07. The van der Waals surface area contributed by atoms with Crippen molar-refractivity contribution in [1.82, 2.24) is 4.98 Å². The number of anilines is 2. The average molecular weight is 263 g/mol. The lowest BCUT2D eigenvalue weighted by molar-refractivity contribution is 0.0690. The predicted octanol–water partition coefficient (Wildman–Crippen LogP) is 3.49. The molecule has 4 nitrogen and oxygen atoms in total. The largest absolute Gasteiger partial charge is 0.477 e. The molecule has 1 aromatic carbocycles. The molecule has 18 heavy (non-hydrogen) atoms. The topological polar surface area (TPSA) is 62.2 Å². The van der Waals surface area contributed by atoms with Crippen LogP contribution < -0.4 is 5.32 Å². The van der Waals surface area contributed by atoms with E-state index in [1.165, 1.54) is 6.07 Å². The van der Waals surface area contributed by atoms with Crippen molar-refractivity contribution in [3.63, 3.8) is 0 Å². The smallest absolute Gasteiger partial charge is 0.354 e. The van der Waals surface area contributed by atoms with E-state index >= 15 is 0 Å². The number of carbonyl (C=O) groups is 1. The summed E-state index contributed by atoms with van der Waals surface area (Å²) in [6, 6.07) is 10.3. The van der Waals surface area contributed by atoms with Crippen LogP contribution in [-0.4, -0.2) is 16.1 Å². The fraction of sp³-hybridized carbons (Fsp3) is 0.0769. The predicted molar refractivity (Wildman–Crippen MR) is 70.7 cm³/mol. The normalized spacial score (nSPS) is 10.1. The summed E-state index contributed by atoms with van der Waals surface area (Å²) in [5.41, 5.74) is 1.73. The van der Waals surface area contributed by atoms with Gasteiger partial charge in [-0.2, -0.15) is 0 Å². The zero-order valence-electron chi connectivity index (χ0n) is 9.64. The van der Waals surface area contributed by atoms with Crippen LogP contribution in [0.1, 0.15) is 16.1 Å². The molecule has 0 saturated heterocycles. The van der Waals surface area contributed by atoms with Crippen molar-refractivity contribution in [2.45, 2.75) is 6.92 Å². The van der Waals surface area contributed by atoms with Gasteiger partial charge in [0.1, 0.15) is 5.82 Å². The summed E-state index contributed by atoms with van der Waals surface area (Å²) in [5.74, 6) is -0.616. The van der Waals surface area contributed by atoms with Gasteiger partial charge >= 0.3 is 5.97 Å². The number of halogens is 1. The highest BCUT2D eigenvalue weighted by molar-refractivity contribution is 6.33. The molecular formula is C13H11ClN2O2. The molecule has 92 valence electrons. The Morgan fingerprint density at radius 2 is 2.11 bits per heavy atom. The Morgan fingerprint density at radius 3 is 2.78 bits per heavy atom. The van der Waals surface area contributed by atoms with Crippen LogP contribution in [-0.2, 0) is 0 Å². The maximum atomic E-state index is 10.8. The molecule has 0 aliphatic carbocycles. The molecule has 0 bridgehead atoms. The number of aromatic carboxylic acids is 1. The minimum atomic E-state index is -1.06. The molecule has 0 saturated carbocycles. The molecule has 0 amide bonds. The van der Waals surface area contributed by atoms with Gasteiger partial charge in [-0.05, 0) is 36.8 Å². The van der Waals surface area contributed by atoms with Crippen LogP contribution in [0.25, 0.3) is 0 Å². The minimum Gasteiger partial charge on any atom is -0.477 e. The second kappa shape index (κ2) is 5.06. The monoisotopic (exact) mass is 262 g/mol. The molecule has 2 rings (SSSR count). The Balaban J connectivity index is 2.28. The average Bonchev–Trinajstić information content (AvgIpc) is 2.33. The SMILES string of the molecule is Cc1ccc(Nc2cccc(C(=O)O)n2)c(Cl)c1. The summed E-state index contributed by atoms with van der Waals surface area (Å²) >= 11 is 6.08. The van der Waals surface area contributed by atoms with E-state index in [0.29, 0.717) is 16.5 Å². The molecule has 0 radical (unpaired) electrons. The van der Waals surface area contributed by atoms with Crippen molar-refractivity contribution >= 4 is 29.1 Å². The second-order valence-electron chi connectivity index (χ2n) is 3.82. The van der Waals surface area contributed by atoms with Gasteiger partial charge in [-0.15, -0.1) is 0 Å². The van der Waals surface area contributed by atoms with Crippen molar-refractivity contribution in [1.29, 1.82) is 0 Å². The van der Waals surface area contributed by atoms with E-state index in [9.17, 15) is 4.79 Å². The Bertz CT molecular complexity index is 599. The summed E-state index contributed by atoms with van der Waals surface area (Å²) in [7, 11) is 0. The molecule has 0 aliphatic heterocycles. The van der Waals surface area contributed by atoms with Crippen molar-refractivity contribution in [2.24, 2.45) is 0 Å². The number of carboxylic acid groups (broad SMARTS) is 1. The quantitative estimate of drug-likeness (QED) is 0.889. The van der Waals surface area contributed by atoms with Crippen LogP contribution in [0.2, 0.25) is 5.02 Å². The molecule has 0 unspecified atom stereocenters. The summed E-state index contributed by atoms with van der Waals surface area (Å²) in [6.45, 7) is 1.94. The number of rotatable bonds is 3. The standard InChI is InChI=1S/C13H11ClN2O2/c1-8-5-6-10(9(14)7-8)15-12-4-2-3-11(16-12)13(17)18/h2-7H,1H3,(H,15,16)(H,17,18). The lowest BCUT2D eigenvalue weighted by atomic mass is 10.2. The Morgan fingerprint density at radius 1 is 1.33 bits per heavy atom. The van der Waals surface area contributed by atoms with E-state index in [2.05, 4.69) is 10.3 Å². The van der Waals surface area contributed by atoms with Crippen LogP contribution in [0.15, 0.2) is 36.4 Å². The first-order valence-electron chi connectivity index (χ1n) is 5.30. The lowest BCUT2D eigenvalue weighted by Gasteiger charge is -2.08. The van der Waals surface area contributed by atoms with Gasteiger partial charge in [-0.25, -0.2) is 9.78 Å². The first-order valence-corrected chi connectivity index (χ1v) is 5.67. The number of aromatic nitrogens is 1. The zero-order chi connectivity index (χ0) is 13.1. The van der Waals surface area contributed by atoms with E-state index in [1.807, 2.05) is 25.1 Å². The summed E-state index contributed by atoms with van der Waals surface area (Å²) in [5, 5.41) is 12.4. The van der Waals surface area contributed by atoms with E-state index in [-0.39, 0.29) is 5.69 Å². The summed E-state index contributed by atoms with van der Waals surface area (Å²) < 4.78 is 0. The van der Waals surface area contributed by atoms with Gasteiger partial charge in [-0.1, -0.05) is 23.7 Å². The molecule has 2 aromatic rings. The number of nitrogens with one attached hydrogen (secondary N) is 1. The first kappa shape index (κ1) is 12.4. The van der Waals surface area contributed by atoms with Gasteiger partial charge in [-0.3, -0.25) is 0 Å². The number of nitrogens with zero attached hydrogens (tertiary/aromatic N) is 1. The van der Waals surface area contributed by atoms with Gasteiger partial charge in [0, 0.05) is 0 Å². The zero-order valence-corrected chi connectivity index (χ0v) is 10.4. The number of aryl methyl sites for hydroxylation is 1. The molecule has 0 fully saturated rings. The van der Waals surface area contributed by atoms with Gasteiger partial charge in [0.25, 0.3) is 0 Å². The molecule has 1 heterocycles. The Labute approximate surface area is 109 Å². The van der Waals surface area contributed by atoms with Crippen LogP contribution in [0.5, 0.6) is 0 Å². The number of hydrogen-bond acceptors (Lipinski definition) is 3. The minimum absolute atomic E-state index is 0.0109. The summed E-state index contributed by atoms with van der Waals surface area (Å²) in [6.07, 6.45) is 0. The maximum absolute atomic E-state index is 10.8. The second-order valence-corrected chi connectivity index (χ2v) is 4.23. The number of carboxylic acids is 1. The lowest BCUT2D eigenvalue weighted by Crippen LogP contribution is -2.02. The van der Waals surface area contributed by atoms with Crippen LogP contribution in [0, 0.1) is 6.92 Å². The van der Waals surface area contributed by atoms with Crippen molar-refractivity contribution in [3.05, 3.63) is 52.7 Å². The van der Waals surface area contributed by atoms with Crippen molar-refractivity contribution < 1.29 is 9.90 Å². The third kappa shape index (κ3) is 2.78. The van der Waals surface area contributed by atoms with E-state index in [0.717, 1.165) is 5.56 Å². The van der Waals surface area contributed by atoms with E-state index in [4.69, 9.17) is 16.7 Å². The number of pyridine rings is 1. The van der Waals surface area contributed by atoms with Crippen LogP contribution >= 0.6 is 11.6 Å².